The predicted molar refractivity (Wildman–Crippen MR) is 98.0 cm³/mol. The summed E-state index contributed by atoms with van der Waals surface area (Å²) in [5.74, 6) is -3.28. The molecule has 2 aromatic rings. The van der Waals surface area contributed by atoms with Crippen LogP contribution in [0.4, 0.5) is 14.5 Å². The van der Waals surface area contributed by atoms with Crippen molar-refractivity contribution < 1.29 is 18.4 Å². The van der Waals surface area contributed by atoms with Crippen LogP contribution in [0.5, 0.6) is 0 Å². The molecule has 2 aromatic carbocycles. The fourth-order valence-corrected chi connectivity index (χ4v) is 2.84. The number of carbonyl (C=O) groups is 2. The summed E-state index contributed by atoms with van der Waals surface area (Å²) in [5, 5.41) is 2.43. The summed E-state index contributed by atoms with van der Waals surface area (Å²) in [5.41, 5.74) is 0.376. The first-order valence-electron chi connectivity index (χ1n) is 7.83. The Morgan fingerprint density at radius 1 is 0.962 bits per heavy atom. The molecule has 0 saturated carbocycles. The summed E-state index contributed by atoms with van der Waals surface area (Å²) in [7, 11) is 0. The lowest BCUT2D eigenvalue weighted by atomic mass is 10.1. The second-order valence-corrected chi connectivity index (χ2v) is 6.19. The van der Waals surface area contributed by atoms with Crippen molar-refractivity contribution in [3.05, 3.63) is 63.1 Å². The summed E-state index contributed by atoms with van der Waals surface area (Å²) in [6.07, 6.45) is 0. The van der Waals surface area contributed by atoms with Crippen LogP contribution in [0.15, 0.2) is 30.3 Å². The number of halogens is 4. The van der Waals surface area contributed by atoms with Crippen molar-refractivity contribution >= 4 is 40.7 Å². The molecule has 0 bridgehead atoms. The van der Waals surface area contributed by atoms with E-state index in [1.807, 2.05) is 13.8 Å². The van der Waals surface area contributed by atoms with E-state index in [1.165, 1.54) is 18.2 Å². The maximum absolute atomic E-state index is 13.3. The van der Waals surface area contributed by atoms with Crippen LogP contribution in [-0.2, 0) is 0 Å². The molecule has 0 aliphatic rings. The number of nitrogens with one attached hydrogen (secondary N) is 1. The normalized spacial score (nSPS) is 10.5. The Bertz CT molecular complexity index is 855. The Labute approximate surface area is 159 Å². The molecule has 0 atom stereocenters. The Hall–Kier alpha value is -2.18. The lowest BCUT2D eigenvalue weighted by Gasteiger charge is -2.19. The second-order valence-electron chi connectivity index (χ2n) is 5.37. The first-order valence-corrected chi connectivity index (χ1v) is 8.58. The molecule has 1 N–H and O–H groups in total. The maximum Gasteiger partial charge on any atom is 0.257 e. The van der Waals surface area contributed by atoms with Gasteiger partial charge in [-0.05, 0) is 44.2 Å². The number of carbonyl (C=O) groups excluding carboxylic acids is 2. The quantitative estimate of drug-likeness (QED) is 0.717. The molecule has 26 heavy (non-hydrogen) atoms. The molecule has 0 radical (unpaired) electrons. The second kappa shape index (κ2) is 8.47. The van der Waals surface area contributed by atoms with Gasteiger partial charge < -0.3 is 10.2 Å². The Kier molecular flexibility index (Phi) is 6.56. The minimum absolute atomic E-state index is 0.163. The van der Waals surface area contributed by atoms with Gasteiger partial charge in [-0.15, -0.1) is 0 Å². The highest BCUT2D eigenvalue weighted by Crippen LogP contribution is 2.25. The highest BCUT2D eigenvalue weighted by molar-refractivity contribution is 6.35. The molecule has 0 unspecified atom stereocenters. The van der Waals surface area contributed by atoms with Crippen molar-refractivity contribution in [1.82, 2.24) is 4.90 Å². The molecular weight excluding hydrogens is 385 g/mol. The molecule has 0 spiro atoms. The lowest BCUT2D eigenvalue weighted by Crippen LogP contribution is -2.30. The molecule has 0 aromatic heterocycles. The van der Waals surface area contributed by atoms with Gasteiger partial charge in [0.05, 0.1) is 21.2 Å². The van der Waals surface area contributed by atoms with Gasteiger partial charge >= 0.3 is 0 Å². The van der Waals surface area contributed by atoms with Gasteiger partial charge in [-0.2, -0.15) is 0 Å². The topological polar surface area (TPSA) is 49.4 Å². The number of hydrogen-bond acceptors (Lipinski definition) is 2. The Balaban J connectivity index is 2.23. The number of anilines is 1. The average Bonchev–Trinajstić information content (AvgIpc) is 2.59. The van der Waals surface area contributed by atoms with E-state index < -0.39 is 17.5 Å². The van der Waals surface area contributed by atoms with E-state index >= 15 is 0 Å². The highest BCUT2D eigenvalue weighted by atomic mass is 35.5. The van der Waals surface area contributed by atoms with Crippen LogP contribution in [0.2, 0.25) is 10.0 Å². The molecule has 0 fully saturated rings. The first kappa shape index (κ1) is 20.1. The highest BCUT2D eigenvalue weighted by Gasteiger charge is 2.18. The van der Waals surface area contributed by atoms with Crippen molar-refractivity contribution in [2.24, 2.45) is 0 Å². The van der Waals surface area contributed by atoms with Crippen LogP contribution in [0.1, 0.15) is 34.6 Å². The van der Waals surface area contributed by atoms with Crippen LogP contribution in [0.25, 0.3) is 0 Å². The minimum atomic E-state index is -1.18. The van der Waals surface area contributed by atoms with E-state index in [-0.39, 0.29) is 27.2 Å². The van der Waals surface area contributed by atoms with Gasteiger partial charge in [0.15, 0.2) is 11.6 Å². The number of rotatable bonds is 5. The SMILES string of the molecule is CCN(CC)C(=O)c1ccc(NC(=O)c2cc(F)c(F)cc2Cl)cc1Cl. The van der Waals surface area contributed by atoms with Crippen molar-refractivity contribution in [2.75, 3.05) is 18.4 Å². The Morgan fingerprint density at radius 2 is 1.54 bits per heavy atom. The third-order valence-corrected chi connectivity index (χ3v) is 4.39. The third kappa shape index (κ3) is 4.31. The van der Waals surface area contributed by atoms with E-state index in [9.17, 15) is 18.4 Å². The van der Waals surface area contributed by atoms with Gasteiger partial charge in [0.1, 0.15) is 0 Å². The van der Waals surface area contributed by atoms with Crippen LogP contribution in [0, 0.1) is 11.6 Å². The standard InChI is InChI=1S/C18H16Cl2F2N2O2/c1-3-24(4-2)18(26)11-6-5-10(7-13(11)19)23-17(25)12-8-15(21)16(22)9-14(12)20/h5-9H,3-4H2,1-2H3,(H,23,25). The zero-order valence-corrected chi connectivity index (χ0v) is 15.6. The van der Waals surface area contributed by atoms with E-state index in [0.29, 0.717) is 24.7 Å². The van der Waals surface area contributed by atoms with Crippen LogP contribution < -0.4 is 5.32 Å². The molecule has 0 aliphatic heterocycles. The first-order chi connectivity index (χ1) is 12.3. The predicted octanol–water partition coefficient (Wildman–Crippen LogP) is 5.01. The number of nitrogens with zero attached hydrogens (tertiary/aromatic N) is 1. The number of hydrogen-bond donors (Lipinski definition) is 1. The fourth-order valence-electron chi connectivity index (χ4n) is 2.34. The summed E-state index contributed by atoms with van der Waals surface area (Å²) in [4.78, 5) is 26.2. The van der Waals surface area contributed by atoms with Crippen LogP contribution in [0.3, 0.4) is 0 Å². The third-order valence-electron chi connectivity index (χ3n) is 3.76. The van der Waals surface area contributed by atoms with E-state index in [1.54, 1.807) is 4.90 Å². The average molecular weight is 401 g/mol. The van der Waals surface area contributed by atoms with E-state index in [2.05, 4.69) is 5.32 Å². The molecule has 2 rings (SSSR count). The van der Waals surface area contributed by atoms with Gasteiger partial charge in [0.25, 0.3) is 11.8 Å². The molecule has 8 heteroatoms. The van der Waals surface area contributed by atoms with Crippen molar-refractivity contribution in [2.45, 2.75) is 13.8 Å². The van der Waals surface area contributed by atoms with Gasteiger partial charge in [-0.1, -0.05) is 23.2 Å². The van der Waals surface area contributed by atoms with Crippen LogP contribution in [-0.4, -0.2) is 29.8 Å². The molecular formula is C18H16Cl2F2N2O2. The number of amides is 2. The van der Waals surface area contributed by atoms with Gasteiger partial charge in [-0.25, -0.2) is 8.78 Å². The van der Waals surface area contributed by atoms with Gasteiger partial charge in [0, 0.05) is 18.8 Å². The minimum Gasteiger partial charge on any atom is -0.339 e. The molecule has 0 saturated heterocycles. The fraction of sp³-hybridized carbons (Fsp3) is 0.222. The summed E-state index contributed by atoms with van der Waals surface area (Å²) >= 11 is 11.9. The Morgan fingerprint density at radius 3 is 2.12 bits per heavy atom. The zero-order chi connectivity index (χ0) is 19.4. The largest absolute Gasteiger partial charge is 0.339 e. The zero-order valence-electron chi connectivity index (χ0n) is 14.1. The summed E-state index contributed by atoms with van der Waals surface area (Å²) < 4.78 is 26.4. The van der Waals surface area contributed by atoms with Crippen molar-refractivity contribution in [3.8, 4) is 0 Å². The molecule has 0 aliphatic carbocycles. The van der Waals surface area contributed by atoms with Crippen molar-refractivity contribution in [3.63, 3.8) is 0 Å². The maximum atomic E-state index is 13.3. The monoisotopic (exact) mass is 400 g/mol. The molecule has 0 heterocycles. The van der Waals surface area contributed by atoms with E-state index in [0.717, 1.165) is 6.07 Å². The lowest BCUT2D eigenvalue weighted by molar-refractivity contribution is 0.0773. The summed E-state index contributed by atoms with van der Waals surface area (Å²) in [6.45, 7) is 4.79. The number of benzene rings is 2. The van der Waals surface area contributed by atoms with Crippen LogP contribution >= 0.6 is 23.2 Å². The van der Waals surface area contributed by atoms with Gasteiger partial charge in [-0.3, -0.25) is 9.59 Å². The molecule has 4 nitrogen and oxygen atoms in total. The van der Waals surface area contributed by atoms with Gasteiger partial charge in [0.2, 0.25) is 0 Å². The molecule has 138 valence electrons. The smallest absolute Gasteiger partial charge is 0.257 e. The summed E-state index contributed by atoms with van der Waals surface area (Å²) in [6, 6.07) is 5.83. The van der Waals surface area contributed by atoms with E-state index in [4.69, 9.17) is 23.2 Å². The van der Waals surface area contributed by atoms with Crippen molar-refractivity contribution in [1.29, 1.82) is 0 Å². The molecule has 2 amide bonds.